The van der Waals surface area contributed by atoms with Gasteiger partial charge >= 0.3 is 0 Å². The fourth-order valence-electron chi connectivity index (χ4n) is 2.17. The lowest BCUT2D eigenvalue weighted by Gasteiger charge is -2.16. The number of benzene rings is 1. The molecule has 1 heterocycles. The molecule has 0 amide bonds. The summed E-state index contributed by atoms with van der Waals surface area (Å²) in [4.78, 5) is 0. The average Bonchev–Trinajstić information content (AvgIpc) is 2.86. The molecule has 0 radical (unpaired) electrons. The van der Waals surface area contributed by atoms with Crippen LogP contribution in [0.25, 0.3) is 0 Å². The summed E-state index contributed by atoms with van der Waals surface area (Å²) in [5.74, 6) is 0.862. The minimum atomic E-state index is 0.306. The molecule has 0 aliphatic heterocycles. The van der Waals surface area contributed by atoms with E-state index < -0.39 is 0 Å². The Morgan fingerprint density at radius 2 is 2.16 bits per heavy atom. The summed E-state index contributed by atoms with van der Waals surface area (Å²) < 4.78 is 7.59. The van der Waals surface area contributed by atoms with E-state index in [-0.39, 0.29) is 0 Å². The van der Waals surface area contributed by atoms with Gasteiger partial charge in [-0.15, -0.1) is 0 Å². The van der Waals surface area contributed by atoms with E-state index in [0.717, 1.165) is 22.9 Å². The molecule has 0 fully saturated rings. The number of nitrogens with zero attached hydrogens (tertiary/aromatic N) is 1. The van der Waals surface area contributed by atoms with Crippen molar-refractivity contribution in [2.45, 2.75) is 19.5 Å². The number of ether oxygens (including phenoxy) is 1. The molecule has 0 bridgehead atoms. The summed E-state index contributed by atoms with van der Waals surface area (Å²) >= 11 is 6.07. The normalized spacial score (nSPS) is 12.4. The van der Waals surface area contributed by atoms with Crippen LogP contribution in [0.1, 0.15) is 24.2 Å². The largest absolute Gasteiger partial charge is 0.496 e. The second kappa shape index (κ2) is 6.13. The van der Waals surface area contributed by atoms with Gasteiger partial charge in [0.1, 0.15) is 5.75 Å². The fraction of sp³-hybridized carbons (Fsp3) is 0.333. The Bertz CT molecular complexity index is 551. The first-order chi connectivity index (χ1) is 9.15. The number of hydrogen-bond acceptors (Lipinski definition) is 2. The fourth-order valence-corrected chi connectivity index (χ4v) is 2.36. The molecule has 1 aromatic carbocycles. The van der Waals surface area contributed by atoms with Crippen molar-refractivity contribution in [1.29, 1.82) is 0 Å². The molecule has 1 unspecified atom stereocenters. The van der Waals surface area contributed by atoms with Crippen molar-refractivity contribution in [2.75, 3.05) is 14.2 Å². The Morgan fingerprint density at radius 1 is 1.37 bits per heavy atom. The summed E-state index contributed by atoms with van der Waals surface area (Å²) in [6, 6.07) is 10.2. The maximum atomic E-state index is 6.07. The van der Waals surface area contributed by atoms with Gasteiger partial charge in [-0.2, -0.15) is 0 Å². The minimum Gasteiger partial charge on any atom is -0.496 e. The molecule has 3 nitrogen and oxygen atoms in total. The number of rotatable bonds is 5. The summed E-state index contributed by atoms with van der Waals surface area (Å²) in [7, 11) is 3.64. The first-order valence-electron chi connectivity index (χ1n) is 6.30. The molecule has 1 atom stereocenters. The van der Waals surface area contributed by atoms with Gasteiger partial charge in [0, 0.05) is 28.5 Å². The van der Waals surface area contributed by atoms with Crippen LogP contribution in [0.4, 0.5) is 0 Å². The van der Waals surface area contributed by atoms with Gasteiger partial charge in [-0.05, 0) is 44.3 Å². The van der Waals surface area contributed by atoms with Crippen LogP contribution in [0, 0.1) is 0 Å². The molecule has 2 rings (SSSR count). The van der Waals surface area contributed by atoms with Gasteiger partial charge in [-0.3, -0.25) is 0 Å². The first kappa shape index (κ1) is 14.0. The zero-order valence-corrected chi connectivity index (χ0v) is 12.2. The van der Waals surface area contributed by atoms with Crippen LogP contribution >= 0.6 is 11.6 Å². The summed E-state index contributed by atoms with van der Waals surface area (Å²) in [6.45, 7) is 2.89. The summed E-state index contributed by atoms with van der Waals surface area (Å²) in [5, 5.41) is 3.98. The number of hydrogen-bond donors (Lipinski definition) is 1. The van der Waals surface area contributed by atoms with Gasteiger partial charge in [-0.25, -0.2) is 0 Å². The SMILES string of the molecule is CNC(C)c1cccn1Cc1cc(Cl)ccc1OC. The van der Waals surface area contributed by atoms with Crippen LogP contribution < -0.4 is 10.1 Å². The molecule has 102 valence electrons. The Balaban J connectivity index is 2.31. The van der Waals surface area contributed by atoms with Crippen molar-refractivity contribution in [3.05, 3.63) is 52.8 Å². The van der Waals surface area contributed by atoms with Crippen molar-refractivity contribution in [3.8, 4) is 5.75 Å². The molecule has 1 N–H and O–H groups in total. The first-order valence-corrected chi connectivity index (χ1v) is 6.68. The van der Waals surface area contributed by atoms with Gasteiger partial charge in [0.2, 0.25) is 0 Å². The molecule has 0 saturated heterocycles. The predicted octanol–water partition coefficient (Wildman–Crippen LogP) is 3.48. The zero-order valence-electron chi connectivity index (χ0n) is 11.5. The molecule has 1 aromatic heterocycles. The Kier molecular flexibility index (Phi) is 4.51. The molecule has 0 aliphatic rings. The van der Waals surface area contributed by atoms with Gasteiger partial charge in [-0.1, -0.05) is 11.6 Å². The number of aromatic nitrogens is 1. The quantitative estimate of drug-likeness (QED) is 0.906. The molecular formula is C15H19ClN2O. The molecule has 2 aromatic rings. The third-order valence-electron chi connectivity index (χ3n) is 3.32. The number of halogens is 1. The highest BCUT2D eigenvalue weighted by molar-refractivity contribution is 6.30. The lowest BCUT2D eigenvalue weighted by Crippen LogP contribution is -2.17. The van der Waals surface area contributed by atoms with Crippen molar-refractivity contribution in [2.24, 2.45) is 0 Å². The third kappa shape index (κ3) is 3.11. The van der Waals surface area contributed by atoms with Crippen LogP contribution in [0.5, 0.6) is 5.75 Å². The van der Waals surface area contributed by atoms with Crippen molar-refractivity contribution < 1.29 is 4.74 Å². The monoisotopic (exact) mass is 278 g/mol. The van der Waals surface area contributed by atoms with E-state index in [0.29, 0.717) is 6.04 Å². The van der Waals surface area contributed by atoms with E-state index in [2.05, 4.69) is 35.1 Å². The molecule has 4 heteroatoms. The van der Waals surface area contributed by atoms with E-state index in [1.54, 1.807) is 7.11 Å². The maximum absolute atomic E-state index is 6.07. The van der Waals surface area contributed by atoms with Gasteiger partial charge in [0.25, 0.3) is 0 Å². The lowest BCUT2D eigenvalue weighted by molar-refractivity contribution is 0.408. The maximum Gasteiger partial charge on any atom is 0.123 e. The molecule has 0 aliphatic carbocycles. The van der Waals surface area contributed by atoms with Crippen molar-refractivity contribution in [1.82, 2.24) is 9.88 Å². The van der Waals surface area contributed by atoms with E-state index in [1.807, 2.05) is 25.2 Å². The van der Waals surface area contributed by atoms with Crippen LogP contribution in [0.2, 0.25) is 5.02 Å². The van der Waals surface area contributed by atoms with Crippen LogP contribution in [0.3, 0.4) is 0 Å². The van der Waals surface area contributed by atoms with Crippen LogP contribution in [-0.4, -0.2) is 18.7 Å². The van der Waals surface area contributed by atoms with Crippen molar-refractivity contribution in [3.63, 3.8) is 0 Å². The molecule has 19 heavy (non-hydrogen) atoms. The summed E-state index contributed by atoms with van der Waals surface area (Å²) in [5.41, 5.74) is 2.32. The summed E-state index contributed by atoms with van der Waals surface area (Å²) in [6.07, 6.45) is 2.07. The third-order valence-corrected chi connectivity index (χ3v) is 3.56. The minimum absolute atomic E-state index is 0.306. The van der Waals surface area contributed by atoms with Gasteiger partial charge in [0.15, 0.2) is 0 Å². The Labute approximate surface area is 119 Å². The van der Waals surface area contributed by atoms with Crippen LogP contribution in [-0.2, 0) is 6.54 Å². The lowest BCUT2D eigenvalue weighted by atomic mass is 10.2. The van der Waals surface area contributed by atoms with Gasteiger partial charge in [0.05, 0.1) is 13.7 Å². The van der Waals surface area contributed by atoms with E-state index >= 15 is 0 Å². The van der Waals surface area contributed by atoms with E-state index in [1.165, 1.54) is 5.69 Å². The number of nitrogens with one attached hydrogen (secondary N) is 1. The highest BCUT2D eigenvalue weighted by Crippen LogP contribution is 2.25. The molecule has 0 saturated carbocycles. The molecule has 0 spiro atoms. The average molecular weight is 279 g/mol. The smallest absolute Gasteiger partial charge is 0.123 e. The number of methoxy groups -OCH3 is 1. The van der Waals surface area contributed by atoms with Crippen LogP contribution in [0.15, 0.2) is 36.5 Å². The zero-order chi connectivity index (χ0) is 13.8. The molecular weight excluding hydrogens is 260 g/mol. The highest BCUT2D eigenvalue weighted by atomic mass is 35.5. The second-order valence-corrected chi connectivity index (χ2v) is 4.96. The van der Waals surface area contributed by atoms with Gasteiger partial charge < -0.3 is 14.6 Å². The second-order valence-electron chi connectivity index (χ2n) is 4.53. The Morgan fingerprint density at radius 3 is 2.84 bits per heavy atom. The Hall–Kier alpha value is -1.45. The highest BCUT2D eigenvalue weighted by Gasteiger charge is 2.10. The van der Waals surface area contributed by atoms with Crippen molar-refractivity contribution >= 4 is 11.6 Å². The predicted molar refractivity (Wildman–Crippen MR) is 79.0 cm³/mol. The van der Waals surface area contributed by atoms with E-state index in [4.69, 9.17) is 16.3 Å². The van der Waals surface area contributed by atoms with E-state index in [9.17, 15) is 0 Å². The topological polar surface area (TPSA) is 26.2 Å². The standard InChI is InChI=1S/C15H19ClN2O/c1-11(17-2)14-5-4-8-18(14)10-12-9-13(16)6-7-15(12)19-3/h4-9,11,17H,10H2,1-3H3.